The molecule has 2 aromatic rings. The molecule has 6 heteroatoms. The molecule has 0 saturated heterocycles. The van der Waals surface area contributed by atoms with Crippen molar-refractivity contribution in [2.24, 2.45) is 5.10 Å². The van der Waals surface area contributed by atoms with E-state index in [9.17, 15) is 4.79 Å². The second-order valence-electron chi connectivity index (χ2n) is 4.90. The summed E-state index contributed by atoms with van der Waals surface area (Å²) in [6, 6.07) is 15.1. The number of nitrogens with zero attached hydrogens (tertiary/aromatic N) is 2. The van der Waals surface area contributed by atoms with Gasteiger partial charge >= 0.3 is 0 Å². The molecule has 0 spiro atoms. The number of halogens is 2. The molecular weight excluding hydrogens is 321 g/mol. The number of rotatable bonds is 3. The van der Waals surface area contributed by atoms with Gasteiger partial charge in [-0.2, -0.15) is 5.10 Å². The van der Waals surface area contributed by atoms with Crippen molar-refractivity contribution in [3.05, 3.63) is 64.1 Å². The fraction of sp³-hybridized carbons (Fsp3) is 0.125. The molecule has 1 unspecified atom stereocenters. The molecule has 1 aliphatic heterocycles. The molecule has 1 N–H and O–H groups in total. The van der Waals surface area contributed by atoms with Crippen LogP contribution in [0.1, 0.15) is 18.0 Å². The summed E-state index contributed by atoms with van der Waals surface area (Å²) in [5.74, 6) is 0.630. The highest BCUT2D eigenvalue weighted by molar-refractivity contribution is 6.30. The van der Waals surface area contributed by atoms with Crippen LogP contribution in [0.4, 0.5) is 5.69 Å². The van der Waals surface area contributed by atoms with E-state index in [0.29, 0.717) is 28.7 Å². The molecule has 3 rings (SSSR count). The molecule has 0 fully saturated rings. The summed E-state index contributed by atoms with van der Waals surface area (Å²) in [4.78, 5) is 10.7. The van der Waals surface area contributed by atoms with Gasteiger partial charge in [0.05, 0.1) is 11.7 Å². The van der Waals surface area contributed by atoms with Crippen LogP contribution in [0.25, 0.3) is 0 Å². The molecule has 4 nitrogen and oxygen atoms in total. The number of hydrazone groups is 1. The zero-order valence-electron chi connectivity index (χ0n) is 11.5. The Morgan fingerprint density at radius 1 is 1.05 bits per heavy atom. The maximum Gasteiger partial charge on any atom is 0.212 e. The summed E-state index contributed by atoms with van der Waals surface area (Å²) in [5.41, 5.74) is 1.98. The Balaban J connectivity index is 1.95. The third-order valence-corrected chi connectivity index (χ3v) is 3.99. The van der Waals surface area contributed by atoms with Crippen LogP contribution in [-0.2, 0) is 4.79 Å². The van der Waals surface area contributed by atoms with Crippen LogP contribution in [0.5, 0.6) is 0 Å². The maximum absolute atomic E-state index is 10.7. The molecule has 0 bridgehead atoms. The van der Waals surface area contributed by atoms with Crippen LogP contribution in [-0.4, -0.2) is 12.2 Å². The first-order valence-corrected chi connectivity index (χ1v) is 7.51. The Hall–Kier alpha value is -2.04. The summed E-state index contributed by atoms with van der Waals surface area (Å²) >= 11 is 11.9. The van der Waals surface area contributed by atoms with E-state index >= 15 is 0 Å². The predicted molar refractivity (Wildman–Crippen MR) is 89.4 cm³/mol. The normalized spacial score (nSPS) is 17.3. The number of anilines is 1. The van der Waals surface area contributed by atoms with Crippen molar-refractivity contribution in [2.45, 2.75) is 12.5 Å². The van der Waals surface area contributed by atoms with Crippen LogP contribution < -0.4 is 10.3 Å². The van der Waals surface area contributed by atoms with Gasteiger partial charge in [0.1, 0.15) is 5.84 Å². The first kappa shape index (κ1) is 14.9. The Bertz CT molecular complexity index is 698. The average Bonchev–Trinajstić information content (AvgIpc) is 2.93. The number of hydrogen-bond donors (Lipinski definition) is 1. The SMILES string of the molecule is O=CNC1=NN(c2ccc(Cl)cc2)C(c2ccc(Cl)cc2)C1. The van der Waals surface area contributed by atoms with Gasteiger partial charge < -0.3 is 5.32 Å². The van der Waals surface area contributed by atoms with E-state index in [0.717, 1.165) is 11.3 Å². The zero-order chi connectivity index (χ0) is 15.5. The third kappa shape index (κ3) is 3.08. The van der Waals surface area contributed by atoms with Crippen molar-refractivity contribution >= 4 is 41.1 Å². The highest BCUT2D eigenvalue weighted by Gasteiger charge is 2.29. The highest BCUT2D eigenvalue weighted by atomic mass is 35.5. The lowest BCUT2D eigenvalue weighted by molar-refractivity contribution is -0.108. The van der Waals surface area contributed by atoms with E-state index in [1.54, 1.807) is 0 Å². The lowest BCUT2D eigenvalue weighted by Crippen LogP contribution is -2.20. The number of amides is 1. The Labute approximate surface area is 138 Å². The molecule has 112 valence electrons. The van der Waals surface area contributed by atoms with Gasteiger partial charge in [0.2, 0.25) is 6.41 Å². The molecule has 1 amide bonds. The fourth-order valence-electron chi connectivity index (χ4n) is 2.44. The molecule has 1 heterocycles. The van der Waals surface area contributed by atoms with Crippen molar-refractivity contribution < 1.29 is 4.79 Å². The molecular formula is C16H13Cl2N3O. The largest absolute Gasteiger partial charge is 0.315 e. The Morgan fingerprint density at radius 3 is 2.23 bits per heavy atom. The van der Waals surface area contributed by atoms with Crippen LogP contribution in [0.2, 0.25) is 10.0 Å². The summed E-state index contributed by atoms with van der Waals surface area (Å²) in [6.07, 6.45) is 1.26. The molecule has 0 aromatic heterocycles. The van der Waals surface area contributed by atoms with Gasteiger partial charge in [-0.15, -0.1) is 0 Å². The summed E-state index contributed by atoms with van der Waals surface area (Å²) in [7, 11) is 0. The van der Waals surface area contributed by atoms with E-state index in [1.807, 2.05) is 53.5 Å². The van der Waals surface area contributed by atoms with Gasteiger partial charge in [-0.25, -0.2) is 0 Å². The van der Waals surface area contributed by atoms with E-state index < -0.39 is 0 Å². The van der Waals surface area contributed by atoms with Gasteiger partial charge in [-0.3, -0.25) is 9.80 Å². The van der Waals surface area contributed by atoms with Gasteiger partial charge in [-0.05, 0) is 42.0 Å². The summed E-state index contributed by atoms with van der Waals surface area (Å²) in [6.45, 7) is 0. The number of carbonyl (C=O) groups excluding carboxylic acids is 1. The molecule has 1 aliphatic rings. The molecule has 2 aromatic carbocycles. The number of benzene rings is 2. The monoisotopic (exact) mass is 333 g/mol. The standard InChI is InChI=1S/C16H13Cl2N3O/c17-12-3-1-11(2-4-12)15-9-16(19-10-22)20-21(15)14-7-5-13(18)6-8-14/h1-8,10,15H,9H2,(H,19,20,22). The van der Waals surface area contributed by atoms with Crippen LogP contribution in [0, 0.1) is 0 Å². The molecule has 1 atom stereocenters. The number of hydrogen-bond acceptors (Lipinski definition) is 3. The van der Waals surface area contributed by atoms with Crippen molar-refractivity contribution in [2.75, 3.05) is 5.01 Å². The lowest BCUT2D eigenvalue weighted by Gasteiger charge is -2.23. The predicted octanol–water partition coefficient (Wildman–Crippen LogP) is 4.00. The lowest BCUT2D eigenvalue weighted by atomic mass is 10.0. The first-order chi connectivity index (χ1) is 10.7. The first-order valence-electron chi connectivity index (χ1n) is 6.75. The second-order valence-corrected chi connectivity index (χ2v) is 5.77. The van der Waals surface area contributed by atoms with Crippen molar-refractivity contribution in [1.29, 1.82) is 0 Å². The van der Waals surface area contributed by atoms with E-state index in [2.05, 4.69) is 10.4 Å². The van der Waals surface area contributed by atoms with Gasteiger partial charge in [-0.1, -0.05) is 35.3 Å². The van der Waals surface area contributed by atoms with Crippen LogP contribution >= 0.6 is 23.2 Å². The smallest absolute Gasteiger partial charge is 0.212 e. The average molecular weight is 334 g/mol. The quantitative estimate of drug-likeness (QED) is 0.862. The van der Waals surface area contributed by atoms with E-state index in [-0.39, 0.29) is 6.04 Å². The Morgan fingerprint density at radius 2 is 1.64 bits per heavy atom. The zero-order valence-corrected chi connectivity index (χ0v) is 13.1. The van der Waals surface area contributed by atoms with E-state index in [1.165, 1.54) is 0 Å². The minimum absolute atomic E-state index is 0.000826. The third-order valence-electron chi connectivity index (χ3n) is 3.48. The molecule has 0 aliphatic carbocycles. The van der Waals surface area contributed by atoms with Crippen LogP contribution in [0.15, 0.2) is 53.6 Å². The summed E-state index contributed by atoms with van der Waals surface area (Å²) < 4.78 is 0. The second kappa shape index (κ2) is 6.38. The number of carbonyl (C=O) groups is 1. The van der Waals surface area contributed by atoms with Crippen molar-refractivity contribution in [3.63, 3.8) is 0 Å². The van der Waals surface area contributed by atoms with Crippen LogP contribution in [0.3, 0.4) is 0 Å². The molecule has 22 heavy (non-hydrogen) atoms. The minimum atomic E-state index is 0.000826. The highest BCUT2D eigenvalue weighted by Crippen LogP contribution is 2.35. The number of nitrogens with one attached hydrogen (secondary N) is 1. The summed E-state index contributed by atoms with van der Waals surface area (Å²) in [5, 5.41) is 10.4. The molecule has 0 radical (unpaired) electrons. The van der Waals surface area contributed by atoms with Gasteiger partial charge in [0.15, 0.2) is 0 Å². The van der Waals surface area contributed by atoms with Crippen molar-refractivity contribution in [1.82, 2.24) is 5.32 Å². The number of amidine groups is 1. The van der Waals surface area contributed by atoms with Crippen molar-refractivity contribution in [3.8, 4) is 0 Å². The fourth-order valence-corrected chi connectivity index (χ4v) is 2.69. The van der Waals surface area contributed by atoms with Gasteiger partial charge in [0, 0.05) is 16.5 Å². The maximum atomic E-state index is 10.7. The van der Waals surface area contributed by atoms with Gasteiger partial charge in [0.25, 0.3) is 0 Å². The Kier molecular flexibility index (Phi) is 4.32. The topological polar surface area (TPSA) is 44.7 Å². The van der Waals surface area contributed by atoms with E-state index in [4.69, 9.17) is 23.2 Å². The molecule has 0 saturated carbocycles. The minimum Gasteiger partial charge on any atom is -0.315 e.